The van der Waals surface area contributed by atoms with E-state index in [9.17, 15) is 18.0 Å². The molecule has 0 aromatic heterocycles. The SMILES string of the molecule is CCCCCCCC(=O)Cc1ccc(C(F)(F)F)cc1. The van der Waals surface area contributed by atoms with Crippen molar-refractivity contribution in [2.45, 2.75) is 58.0 Å². The molecule has 0 saturated heterocycles. The molecule has 0 aliphatic heterocycles. The highest BCUT2D eigenvalue weighted by Gasteiger charge is 2.29. The van der Waals surface area contributed by atoms with E-state index in [1.54, 1.807) is 0 Å². The van der Waals surface area contributed by atoms with Crippen LogP contribution in [0.1, 0.15) is 56.6 Å². The van der Waals surface area contributed by atoms with Gasteiger partial charge in [0.25, 0.3) is 0 Å². The summed E-state index contributed by atoms with van der Waals surface area (Å²) in [5.41, 5.74) is -0.0233. The van der Waals surface area contributed by atoms with Crippen LogP contribution in [-0.4, -0.2) is 5.78 Å². The summed E-state index contributed by atoms with van der Waals surface area (Å²) in [6, 6.07) is 4.84. The number of Topliss-reactive ketones (excluding diaryl/α,β-unsaturated/α-hetero) is 1. The molecule has 0 unspecified atom stereocenters. The molecule has 0 atom stereocenters. The first-order chi connectivity index (χ1) is 9.43. The zero-order valence-electron chi connectivity index (χ0n) is 11.8. The standard InChI is InChI=1S/C16H21F3O/c1-2-3-4-5-6-7-15(20)12-13-8-10-14(11-9-13)16(17,18)19/h8-11H,2-7,12H2,1H3. The Labute approximate surface area is 118 Å². The Hall–Kier alpha value is -1.32. The molecule has 20 heavy (non-hydrogen) atoms. The molecule has 0 N–H and O–H groups in total. The maximum absolute atomic E-state index is 12.4. The van der Waals surface area contributed by atoms with Crippen molar-refractivity contribution in [3.05, 3.63) is 35.4 Å². The van der Waals surface area contributed by atoms with E-state index >= 15 is 0 Å². The quantitative estimate of drug-likeness (QED) is 0.602. The minimum Gasteiger partial charge on any atom is -0.299 e. The third-order valence-corrected chi connectivity index (χ3v) is 3.24. The average molecular weight is 286 g/mol. The van der Waals surface area contributed by atoms with E-state index in [-0.39, 0.29) is 12.2 Å². The first-order valence-corrected chi connectivity index (χ1v) is 7.11. The highest BCUT2D eigenvalue weighted by molar-refractivity contribution is 5.80. The smallest absolute Gasteiger partial charge is 0.299 e. The molecule has 112 valence electrons. The number of hydrogen-bond donors (Lipinski definition) is 0. The van der Waals surface area contributed by atoms with Crippen LogP contribution in [0.3, 0.4) is 0 Å². The largest absolute Gasteiger partial charge is 0.416 e. The van der Waals surface area contributed by atoms with Crippen molar-refractivity contribution in [3.8, 4) is 0 Å². The Morgan fingerprint density at radius 2 is 1.60 bits per heavy atom. The van der Waals surface area contributed by atoms with E-state index in [4.69, 9.17) is 0 Å². The lowest BCUT2D eigenvalue weighted by Gasteiger charge is -2.07. The molecule has 0 fully saturated rings. The number of rotatable bonds is 8. The van der Waals surface area contributed by atoms with E-state index in [1.807, 2.05) is 0 Å². The summed E-state index contributed by atoms with van der Waals surface area (Å²) >= 11 is 0. The Balaban J connectivity index is 2.35. The molecule has 0 amide bonds. The summed E-state index contributed by atoms with van der Waals surface area (Å²) in [4.78, 5) is 11.7. The zero-order valence-corrected chi connectivity index (χ0v) is 11.8. The van der Waals surface area contributed by atoms with Crippen LogP contribution in [0, 0.1) is 0 Å². The average Bonchev–Trinajstić information content (AvgIpc) is 2.38. The van der Waals surface area contributed by atoms with E-state index in [2.05, 4.69) is 6.92 Å². The number of unbranched alkanes of at least 4 members (excludes halogenated alkanes) is 4. The Morgan fingerprint density at radius 1 is 1.00 bits per heavy atom. The molecule has 1 aromatic rings. The molecule has 4 heteroatoms. The highest BCUT2D eigenvalue weighted by Crippen LogP contribution is 2.29. The van der Waals surface area contributed by atoms with Crippen molar-refractivity contribution in [2.24, 2.45) is 0 Å². The summed E-state index contributed by atoms with van der Waals surface area (Å²) in [6.45, 7) is 2.13. The van der Waals surface area contributed by atoms with Gasteiger partial charge in [-0.3, -0.25) is 4.79 Å². The molecule has 0 spiro atoms. The van der Waals surface area contributed by atoms with E-state index in [0.29, 0.717) is 12.0 Å². The fourth-order valence-corrected chi connectivity index (χ4v) is 2.05. The minimum absolute atomic E-state index is 0.0984. The number of halogens is 3. The van der Waals surface area contributed by atoms with E-state index in [0.717, 1.165) is 31.4 Å². The lowest BCUT2D eigenvalue weighted by molar-refractivity contribution is -0.137. The molecule has 0 saturated carbocycles. The van der Waals surface area contributed by atoms with Crippen LogP contribution < -0.4 is 0 Å². The lowest BCUT2D eigenvalue weighted by atomic mass is 10.0. The van der Waals surface area contributed by atoms with Gasteiger partial charge in [-0.05, 0) is 24.1 Å². The molecule has 0 bridgehead atoms. The maximum atomic E-state index is 12.4. The third-order valence-electron chi connectivity index (χ3n) is 3.24. The first-order valence-electron chi connectivity index (χ1n) is 7.11. The number of benzene rings is 1. The van der Waals surface area contributed by atoms with Gasteiger partial charge in [0.1, 0.15) is 5.78 Å². The van der Waals surface area contributed by atoms with Crippen LogP contribution in [0.4, 0.5) is 13.2 Å². The van der Waals surface area contributed by atoms with Gasteiger partial charge in [0.15, 0.2) is 0 Å². The van der Waals surface area contributed by atoms with Gasteiger partial charge in [0.05, 0.1) is 5.56 Å². The van der Waals surface area contributed by atoms with Gasteiger partial charge >= 0.3 is 6.18 Å². The van der Waals surface area contributed by atoms with Crippen LogP contribution in [-0.2, 0) is 17.4 Å². The topological polar surface area (TPSA) is 17.1 Å². The summed E-state index contributed by atoms with van der Waals surface area (Å²) < 4.78 is 37.2. The number of carbonyl (C=O) groups is 1. The van der Waals surface area contributed by atoms with Gasteiger partial charge in [-0.25, -0.2) is 0 Å². The second kappa shape index (κ2) is 8.08. The van der Waals surface area contributed by atoms with Gasteiger partial charge in [-0.2, -0.15) is 13.2 Å². The van der Waals surface area contributed by atoms with Gasteiger partial charge in [0.2, 0.25) is 0 Å². The Bertz CT molecular complexity index is 407. The van der Waals surface area contributed by atoms with Gasteiger partial charge in [-0.15, -0.1) is 0 Å². The Morgan fingerprint density at radius 3 is 2.15 bits per heavy atom. The monoisotopic (exact) mass is 286 g/mol. The van der Waals surface area contributed by atoms with Crippen molar-refractivity contribution >= 4 is 5.78 Å². The second-order valence-corrected chi connectivity index (χ2v) is 5.07. The third kappa shape index (κ3) is 6.22. The predicted molar refractivity (Wildman–Crippen MR) is 73.5 cm³/mol. The highest BCUT2D eigenvalue weighted by atomic mass is 19.4. The second-order valence-electron chi connectivity index (χ2n) is 5.07. The molecule has 1 aromatic carbocycles. The zero-order chi connectivity index (χ0) is 15.0. The normalized spacial score (nSPS) is 11.6. The fourth-order valence-electron chi connectivity index (χ4n) is 2.05. The van der Waals surface area contributed by atoms with Gasteiger partial charge < -0.3 is 0 Å². The molecule has 1 rings (SSSR count). The van der Waals surface area contributed by atoms with Crippen LogP contribution in [0.25, 0.3) is 0 Å². The van der Waals surface area contributed by atoms with Crippen LogP contribution >= 0.6 is 0 Å². The van der Waals surface area contributed by atoms with Crippen molar-refractivity contribution in [3.63, 3.8) is 0 Å². The van der Waals surface area contributed by atoms with Crippen molar-refractivity contribution in [1.82, 2.24) is 0 Å². The number of alkyl halides is 3. The van der Waals surface area contributed by atoms with E-state index in [1.165, 1.54) is 25.0 Å². The lowest BCUT2D eigenvalue weighted by Crippen LogP contribution is -2.06. The van der Waals surface area contributed by atoms with E-state index < -0.39 is 11.7 Å². The van der Waals surface area contributed by atoms with Crippen LogP contribution in [0.15, 0.2) is 24.3 Å². The van der Waals surface area contributed by atoms with Crippen molar-refractivity contribution in [2.75, 3.05) is 0 Å². The van der Waals surface area contributed by atoms with Gasteiger partial charge in [-0.1, -0.05) is 44.7 Å². The van der Waals surface area contributed by atoms with Gasteiger partial charge in [0, 0.05) is 12.8 Å². The Kier molecular flexibility index (Phi) is 6.76. The maximum Gasteiger partial charge on any atom is 0.416 e. The molecule has 1 nitrogen and oxygen atoms in total. The van der Waals surface area contributed by atoms with Crippen molar-refractivity contribution < 1.29 is 18.0 Å². The summed E-state index contributed by atoms with van der Waals surface area (Å²) in [6.07, 6.45) is 1.85. The molecule has 0 aliphatic rings. The summed E-state index contributed by atoms with van der Waals surface area (Å²) in [5.74, 6) is 0.0984. The molecular weight excluding hydrogens is 265 g/mol. The fraction of sp³-hybridized carbons (Fsp3) is 0.562. The van der Waals surface area contributed by atoms with Crippen LogP contribution in [0.2, 0.25) is 0 Å². The van der Waals surface area contributed by atoms with Crippen LogP contribution in [0.5, 0.6) is 0 Å². The minimum atomic E-state index is -4.32. The summed E-state index contributed by atoms with van der Waals surface area (Å²) in [5, 5.41) is 0. The number of carbonyl (C=O) groups excluding carboxylic acids is 1. The predicted octanol–water partition coefficient (Wildman–Crippen LogP) is 5.18. The summed E-state index contributed by atoms with van der Waals surface area (Å²) in [7, 11) is 0. The molecule has 0 heterocycles. The molecular formula is C16H21F3O. The number of ketones is 1. The number of hydrogen-bond acceptors (Lipinski definition) is 1. The molecule has 0 radical (unpaired) electrons. The van der Waals surface area contributed by atoms with Crippen molar-refractivity contribution in [1.29, 1.82) is 0 Å². The molecule has 0 aliphatic carbocycles. The first kappa shape index (κ1) is 16.7.